The summed E-state index contributed by atoms with van der Waals surface area (Å²) in [5.41, 5.74) is 0. The molecule has 1 saturated heterocycles. The maximum atomic E-state index is 14.2. The lowest BCUT2D eigenvalue weighted by Gasteiger charge is -2.35. The van der Waals surface area contributed by atoms with E-state index in [1.807, 2.05) is 48.5 Å². The van der Waals surface area contributed by atoms with Crippen LogP contribution in [0, 0.1) is 35.5 Å². The number of rotatable bonds is 12. The van der Waals surface area contributed by atoms with Gasteiger partial charge in [0.15, 0.2) is 0 Å². The molecule has 1 aliphatic heterocycles. The zero-order chi connectivity index (χ0) is 59.2. The summed E-state index contributed by atoms with van der Waals surface area (Å²) in [6, 6.07) is -9.12. The van der Waals surface area contributed by atoms with E-state index in [-0.39, 0.29) is 75.4 Å². The topological polar surface area (TPSA) is 314 Å². The molecule has 0 bridgehead atoms. The largest absolute Gasteiger partial charge is 0.391 e. The quantitative estimate of drug-likeness (QED) is 0.131. The zero-order valence-corrected chi connectivity index (χ0v) is 49.2. The van der Waals surface area contributed by atoms with Crippen LogP contribution in [-0.4, -0.2) is 180 Å². The van der Waals surface area contributed by atoms with Gasteiger partial charge in [0, 0.05) is 60.0 Å². The van der Waals surface area contributed by atoms with E-state index in [9.17, 15) is 57.8 Å². The molecule has 1 fully saturated rings. The number of carbonyl (C=O) groups is 11. The minimum absolute atomic E-state index is 0.0816. The maximum absolute atomic E-state index is 14.2. The second-order valence-electron chi connectivity index (χ2n) is 22.2. The average molecular weight is 1090 g/mol. The lowest BCUT2D eigenvalue weighted by Crippen LogP contribution is -2.61. The molecule has 0 aromatic rings. The highest BCUT2D eigenvalue weighted by atomic mass is 16.3. The predicted molar refractivity (Wildman–Crippen MR) is 292 cm³/mol. The van der Waals surface area contributed by atoms with E-state index >= 15 is 0 Å². The third kappa shape index (κ3) is 21.8. The molecule has 440 valence electrons. The smallest absolute Gasteiger partial charge is 0.245 e. The Hall–Kier alpha value is -5.87. The van der Waals surface area contributed by atoms with Crippen LogP contribution in [-0.2, 0) is 52.7 Å². The van der Waals surface area contributed by atoms with Crippen molar-refractivity contribution >= 4 is 65.0 Å². The summed E-state index contributed by atoms with van der Waals surface area (Å²) in [5, 5.41) is 32.3. The van der Waals surface area contributed by atoms with E-state index in [4.69, 9.17) is 0 Å². The van der Waals surface area contributed by atoms with Gasteiger partial charge < -0.3 is 62.3 Å². The van der Waals surface area contributed by atoms with Crippen LogP contribution in [0.25, 0.3) is 0 Å². The highest BCUT2D eigenvalue weighted by Crippen LogP contribution is 2.21. The summed E-state index contributed by atoms with van der Waals surface area (Å²) in [6.07, 6.45) is -0.438. The van der Waals surface area contributed by atoms with Gasteiger partial charge in [0.25, 0.3) is 0 Å². The van der Waals surface area contributed by atoms with Crippen LogP contribution in [0.4, 0.5) is 0 Å². The van der Waals surface area contributed by atoms with Crippen molar-refractivity contribution in [2.45, 2.75) is 203 Å². The van der Waals surface area contributed by atoms with Crippen molar-refractivity contribution in [1.82, 2.24) is 57.2 Å². The molecule has 12 atom stereocenters. The van der Waals surface area contributed by atoms with Gasteiger partial charge in [-0.3, -0.25) is 52.7 Å². The van der Waals surface area contributed by atoms with Crippen LogP contribution in [0.15, 0.2) is 0 Å². The van der Waals surface area contributed by atoms with E-state index in [1.54, 1.807) is 34.6 Å². The Balaban J connectivity index is 3.76. The lowest BCUT2D eigenvalue weighted by atomic mass is 9.94. The van der Waals surface area contributed by atoms with E-state index in [2.05, 4.69) is 42.5 Å². The SMILES string of the molecule is CC[C@H](C)C1C(=O)N[C@@H]([C@@H](C)O)C(=O)NCCC(=O)NC(CC(C)C)C(=O)N(C)[C@@H]([C@@H](C)CC)C(=O)NCCC(=O)N[C@H]([C@@H](C)CC)C(=O)N(C)C(C(C)C)C(=O)N[C@@H](C)C(=O)NCCC(=O)NC(CC(C)C)C(=O)N1C. The Morgan fingerprint density at radius 3 is 1.19 bits per heavy atom. The van der Waals surface area contributed by atoms with Crippen molar-refractivity contribution in [1.29, 1.82) is 0 Å². The molecule has 0 radical (unpaired) electrons. The molecule has 0 spiro atoms. The van der Waals surface area contributed by atoms with Crippen LogP contribution < -0.4 is 42.5 Å². The number of carbonyl (C=O) groups excluding carboxylic acids is 11. The van der Waals surface area contributed by atoms with Gasteiger partial charge in [0.2, 0.25) is 65.0 Å². The molecule has 1 aliphatic rings. The van der Waals surface area contributed by atoms with Gasteiger partial charge in [0.1, 0.15) is 48.3 Å². The number of amides is 11. The summed E-state index contributed by atoms with van der Waals surface area (Å²) < 4.78 is 0. The summed E-state index contributed by atoms with van der Waals surface area (Å²) >= 11 is 0. The number of nitrogens with zero attached hydrogens (tertiary/aromatic N) is 3. The summed E-state index contributed by atoms with van der Waals surface area (Å²) in [7, 11) is 4.32. The van der Waals surface area contributed by atoms with Crippen LogP contribution >= 0.6 is 0 Å². The van der Waals surface area contributed by atoms with Crippen LogP contribution in [0.5, 0.6) is 0 Å². The van der Waals surface area contributed by atoms with E-state index in [0.717, 1.165) is 0 Å². The molecule has 9 N–H and O–H groups in total. The van der Waals surface area contributed by atoms with E-state index in [0.29, 0.717) is 19.3 Å². The molecule has 77 heavy (non-hydrogen) atoms. The highest BCUT2D eigenvalue weighted by Gasteiger charge is 2.40. The molecule has 1 rings (SSSR count). The molecular weight excluding hydrogens is 995 g/mol. The number of hydrogen-bond donors (Lipinski definition) is 9. The van der Waals surface area contributed by atoms with Gasteiger partial charge in [-0.2, -0.15) is 0 Å². The fourth-order valence-corrected chi connectivity index (χ4v) is 9.25. The monoisotopic (exact) mass is 1090 g/mol. The first-order chi connectivity index (χ1) is 35.9. The molecule has 1 heterocycles. The molecule has 0 saturated carbocycles. The van der Waals surface area contributed by atoms with Crippen molar-refractivity contribution < 1.29 is 57.8 Å². The molecule has 0 aromatic heterocycles. The Kier molecular flexibility index (Phi) is 30.0. The molecular formula is C54H97N11O12. The zero-order valence-electron chi connectivity index (χ0n) is 49.2. The summed E-state index contributed by atoms with van der Waals surface area (Å²) in [5.74, 6) is -8.66. The fourth-order valence-electron chi connectivity index (χ4n) is 9.25. The number of hydrogen-bond acceptors (Lipinski definition) is 12. The van der Waals surface area contributed by atoms with Gasteiger partial charge >= 0.3 is 0 Å². The molecule has 4 unspecified atom stereocenters. The van der Waals surface area contributed by atoms with Gasteiger partial charge in [-0.1, -0.05) is 102 Å². The first kappa shape index (κ1) is 69.1. The van der Waals surface area contributed by atoms with Crippen LogP contribution in [0.1, 0.15) is 148 Å². The van der Waals surface area contributed by atoms with Gasteiger partial charge in [-0.05, 0) is 62.2 Å². The van der Waals surface area contributed by atoms with Gasteiger partial charge in [-0.15, -0.1) is 0 Å². The van der Waals surface area contributed by atoms with Crippen molar-refractivity contribution in [3.8, 4) is 0 Å². The Bertz CT molecular complexity index is 2020. The third-order valence-electron chi connectivity index (χ3n) is 14.3. The van der Waals surface area contributed by atoms with Crippen molar-refractivity contribution in [3.05, 3.63) is 0 Å². The Morgan fingerprint density at radius 1 is 0.442 bits per heavy atom. The Labute approximate surface area is 457 Å². The lowest BCUT2D eigenvalue weighted by molar-refractivity contribution is -0.145. The standard InChI is InChI=1S/C54H97N11O12/c1-18-32(10)42-54(77)63(15)44(31(8)9)50(73)58-35(13)47(70)55-24-21-39(67)60-38(28-30(6)7)53(76)65(17)46(34(12)20-3)51(74)62-43(36(14)66)48(71)56-25-22-40(68)59-37(27-29(4)5)52(75)64(16)45(33(11)19-2)49(72)57-26-23-41(69)61-42/h29-38,42-46,66H,18-28H2,1-17H3,(H,55,70)(H,56,71)(H,57,72)(H,58,73)(H,59,68)(H,60,67)(H,61,69)(H,62,74)/t32-,33-,34-,35-,36+,37?,38?,42+,43-,44?,45-,46?/m0/s1. The summed E-state index contributed by atoms with van der Waals surface area (Å²) in [6.45, 7) is 23.9. The minimum atomic E-state index is -1.51. The van der Waals surface area contributed by atoms with E-state index < -0.39 is 131 Å². The average Bonchev–Trinajstić information content (AvgIpc) is 3.34. The van der Waals surface area contributed by atoms with Gasteiger partial charge in [0.05, 0.1) is 6.10 Å². The van der Waals surface area contributed by atoms with Gasteiger partial charge in [-0.25, -0.2) is 0 Å². The molecule has 23 heteroatoms. The fraction of sp³-hybridized carbons (Fsp3) is 0.796. The maximum Gasteiger partial charge on any atom is 0.245 e. The number of aliphatic hydroxyl groups is 1. The highest BCUT2D eigenvalue weighted by molar-refractivity contribution is 5.97. The second-order valence-corrected chi connectivity index (χ2v) is 22.2. The van der Waals surface area contributed by atoms with Crippen LogP contribution in [0.3, 0.4) is 0 Å². The first-order valence-corrected chi connectivity index (χ1v) is 27.7. The van der Waals surface area contributed by atoms with Crippen LogP contribution in [0.2, 0.25) is 0 Å². The third-order valence-corrected chi connectivity index (χ3v) is 14.3. The van der Waals surface area contributed by atoms with Crippen molar-refractivity contribution in [2.24, 2.45) is 35.5 Å². The first-order valence-electron chi connectivity index (χ1n) is 27.7. The van der Waals surface area contributed by atoms with Crippen molar-refractivity contribution in [2.75, 3.05) is 40.8 Å². The predicted octanol–water partition coefficient (Wildman–Crippen LogP) is 0.711. The second kappa shape index (κ2) is 33.4. The van der Waals surface area contributed by atoms with E-state index in [1.165, 1.54) is 49.7 Å². The number of likely N-dealkylation sites (N-methyl/N-ethyl adjacent to an activating group) is 3. The molecule has 0 aliphatic carbocycles. The minimum Gasteiger partial charge on any atom is -0.391 e. The molecule has 11 amide bonds. The normalized spacial score (nSPS) is 26.9. The molecule has 0 aromatic carbocycles. The number of nitrogens with one attached hydrogen (secondary N) is 8. The molecule has 23 nitrogen and oxygen atoms in total. The number of aliphatic hydroxyl groups excluding tert-OH is 1. The van der Waals surface area contributed by atoms with Crippen molar-refractivity contribution in [3.63, 3.8) is 0 Å². The summed E-state index contributed by atoms with van der Waals surface area (Å²) in [4.78, 5) is 156. The Morgan fingerprint density at radius 2 is 0.805 bits per heavy atom.